The minimum absolute atomic E-state index is 0.0366. The van der Waals surface area contributed by atoms with E-state index in [1.54, 1.807) is 41.1 Å². The van der Waals surface area contributed by atoms with Crippen molar-refractivity contribution in [2.75, 3.05) is 11.9 Å². The highest BCUT2D eigenvalue weighted by Crippen LogP contribution is 2.31. The smallest absolute Gasteiger partial charge is 0.303 e. The van der Waals surface area contributed by atoms with E-state index in [-0.39, 0.29) is 24.6 Å². The largest absolute Gasteiger partial charge is 0.481 e. The SMILES string of the molecule is O=C(O)CCc1ccc(NC(=O)CNC(=O)c2ccc3c(c2)c(=O)n(-c2ccccc2)n3C2CCCCC2)cc1. The third-order valence-electron chi connectivity index (χ3n) is 7.34. The molecule has 0 bridgehead atoms. The average molecular weight is 541 g/mol. The molecular formula is C31H32N4O5. The van der Waals surface area contributed by atoms with Crippen molar-refractivity contribution in [3.8, 4) is 5.69 Å². The lowest BCUT2D eigenvalue weighted by molar-refractivity contribution is -0.137. The van der Waals surface area contributed by atoms with Crippen LogP contribution >= 0.6 is 0 Å². The van der Waals surface area contributed by atoms with Gasteiger partial charge in [0, 0.05) is 17.7 Å². The topological polar surface area (TPSA) is 122 Å². The van der Waals surface area contributed by atoms with E-state index in [2.05, 4.69) is 15.3 Å². The molecule has 3 N–H and O–H groups in total. The molecule has 1 heterocycles. The second-order valence-corrected chi connectivity index (χ2v) is 10.1. The maximum Gasteiger partial charge on any atom is 0.303 e. The Bertz CT molecular complexity index is 1580. The molecule has 5 rings (SSSR count). The second-order valence-electron chi connectivity index (χ2n) is 10.1. The predicted molar refractivity (Wildman–Crippen MR) is 153 cm³/mol. The highest BCUT2D eigenvalue weighted by molar-refractivity contribution is 6.01. The highest BCUT2D eigenvalue weighted by Gasteiger charge is 2.24. The monoisotopic (exact) mass is 540 g/mol. The van der Waals surface area contributed by atoms with E-state index in [0.29, 0.717) is 23.1 Å². The number of hydrogen-bond donors (Lipinski definition) is 3. The number of anilines is 1. The zero-order chi connectivity index (χ0) is 28.1. The molecule has 40 heavy (non-hydrogen) atoms. The fourth-order valence-electron chi connectivity index (χ4n) is 5.34. The van der Waals surface area contributed by atoms with Crippen LogP contribution in [0.25, 0.3) is 16.6 Å². The van der Waals surface area contributed by atoms with Crippen molar-refractivity contribution < 1.29 is 19.5 Å². The predicted octanol–water partition coefficient (Wildman–Crippen LogP) is 4.68. The van der Waals surface area contributed by atoms with Crippen LogP contribution in [0.1, 0.15) is 60.5 Å². The van der Waals surface area contributed by atoms with Gasteiger partial charge in [0.2, 0.25) is 5.91 Å². The number of benzene rings is 3. The molecule has 4 aromatic rings. The third-order valence-corrected chi connectivity index (χ3v) is 7.34. The van der Waals surface area contributed by atoms with Crippen LogP contribution in [-0.2, 0) is 16.0 Å². The zero-order valence-corrected chi connectivity index (χ0v) is 22.1. The second kappa shape index (κ2) is 12.0. The Labute approximate surface area is 231 Å². The van der Waals surface area contributed by atoms with E-state index < -0.39 is 17.8 Å². The number of fused-ring (bicyclic) bond motifs is 1. The van der Waals surface area contributed by atoms with Crippen LogP contribution in [0.2, 0.25) is 0 Å². The van der Waals surface area contributed by atoms with E-state index >= 15 is 0 Å². The number of carboxylic acid groups (broad SMARTS) is 1. The molecule has 0 aliphatic heterocycles. The number of aryl methyl sites for hydroxylation is 1. The molecule has 9 nitrogen and oxygen atoms in total. The number of carboxylic acids is 1. The van der Waals surface area contributed by atoms with Gasteiger partial charge in [-0.05, 0) is 67.3 Å². The van der Waals surface area contributed by atoms with Gasteiger partial charge in [-0.1, -0.05) is 49.6 Å². The fraction of sp³-hybridized carbons (Fsp3) is 0.290. The molecule has 0 radical (unpaired) electrons. The zero-order valence-electron chi connectivity index (χ0n) is 22.1. The van der Waals surface area contributed by atoms with Crippen molar-refractivity contribution in [2.45, 2.75) is 51.0 Å². The molecule has 1 aromatic heterocycles. The molecule has 1 aliphatic carbocycles. The van der Waals surface area contributed by atoms with Crippen molar-refractivity contribution >= 4 is 34.4 Å². The maximum absolute atomic E-state index is 13.7. The van der Waals surface area contributed by atoms with Gasteiger partial charge < -0.3 is 15.7 Å². The Hall–Kier alpha value is -4.66. The third kappa shape index (κ3) is 5.98. The molecule has 1 fully saturated rings. The average Bonchev–Trinajstić information content (AvgIpc) is 3.28. The van der Waals surface area contributed by atoms with Crippen LogP contribution in [0.4, 0.5) is 5.69 Å². The van der Waals surface area contributed by atoms with Gasteiger partial charge >= 0.3 is 5.97 Å². The van der Waals surface area contributed by atoms with Gasteiger partial charge in [0.1, 0.15) is 0 Å². The molecule has 0 unspecified atom stereocenters. The number of aromatic nitrogens is 2. The molecule has 2 amide bonds. The number of hydrogen-bond acceptors (Lipinski definition) is 4. The number of carbonyl (C=O) groups excluding carboxylic acids is 2. The van der Waals surface area contributed by atoms with Crippen LogP contribution in [0.15, 0.2) is 77.6 Å². The van der Waals surface area contributed by atoms with Crippen LogP contribution in [0, 0.1) is 0 Å². The number of rotatable bonds is 9. The summed E-state index contributed by atoms with van der Waals surface area (Å²) in [6.07, 6.45) is 5.87. The summed E-state index contributed by atoms with van der Waals surface area (Å²) < 4.78 is 3.82. The van der Waals surface area contributed by atoms with Crippen molar-refractivity contribution in [3.05, 3.63) is 94.3 Å². The summed E-state index contributed by atoms with van der Waals surface area (Å²) in [6, 6.07) is 21.8. The van der Waals surface area contributed by atoms with Crippen LogP contribution in [0.3, 0.4) is 0 Å². The van der Waals surface area contributed by atoms with Gasteiger partial charge in [0.05, 0.1) is 29.2 Å². The Morgan fingerprint density at radius 2 is 1.62 bits per heavy atom. The number of amides is 2. The number of para-hydroxylation sites is 1. The van der Waals surface area contributed by atoms with Gasteiger partial charge in [-0.15, -0.1) is 0 Å². The minimum Gasteiger partial charge on any atom is -0.481 e. The molecule has 3 aromatic carbocycles. The lowest BCUT2D eigenvalue weighted by Gasteiger charge is -2.26. The Kier molecular flexibility index (Phi) is 8.10. The standard InChI is InChI=1S/C31H32N4O5/c36-28(33-23-15-11-21(12-16-23)13-18-29(37)38)20-32-30(39)22-14-17-27-26(19-22)31(40)35(25-9-5-2-6-10-25)34(27)24-7-3-1-4-8-24/h2,5-6,9-12,14-17,19,24H,1,3-4,7-8,13,18,20H2,(H,32,39)(H,33,36)(H,37,38). The lowest BCUT2D eigenvalue weighted by atomic mass is 9.95. The number of nitrogens with one attached hydrogen (secondary N) is 2. The summed E-state index contributed by atoms with van der Waals surface area (Å²) in [5.74, 6) is -1.71. The van der Waals surface area contributed by atoms with Gasteiger partial charge in [-0.25, -0.2) is 4.68 Å². The first-order valence-electron chi connectivity index (χ1n) is 13.6. The molecule has 9 heteroatoms. The van der Waals surface area contributed by atoms with E-state index in [4.69, 9.17) is 5.11 Å². The number of aliphatic carboxylic acids is 1. The number of carbonyl (C=O) groups is 3. The summed E-state index contributed by atoms with van der Waals surface area (Å²) in [4.78, 5) is 49.8. The first kappa shape index (κ1) is 26.9. The quantitative estimate of drug-likeness (QED) is 0.284. The van der Waals surface area contributed by atoms with Crippen molar-refractivity contribution in [2.24, 2.45) is 0 Å². The molecule has 1 aliphatic rings. The Morgan fingerprint density at radius 3 is 2.33 bits per heavy atom. The van der Waals surface area contributed by atoms with E-state index in [1.807, 2.05) is 36.4 Å². The van der Waals surface area contributed by atoms with Crippen molar-refractivity contribution in [1.82, 2.24) is 14.7 Å². The van der Waals surface area contributed by atoms with Gasteiger partial charge in [-0.2, -0.15) is 0 Å². The number of nitrogens with zero attached hydrogens (tertiary/aromatic N) is 2. The summed E-state index contributed by atoms with van der Waals surface area (Å²) in [5, 5.41) is 14.6. The van der Waals surface area contributed by atoms with Crippen LogP contribution in [0.5, 0.6) is 0 Å². The molecule has 0 spiro atoms. The fourth-order valence-corrected chi connectivity index (χ4v) is 5.34. The van der Waals surface area contributed by atoms with Crippen LogP contribution < -0.4 is 16.2 Å². The molecular weight excluding hydrogens is 508 g/mol. The van der Waals surface area contributed by atoms with Crippen molar-refractivity contribution in [3.63, 3.8) is 0 Å². The van der Waals surface area contributed by atoms with Crippen molar-refractivity contribution in [1.29, 1.82) is 0 Å². The normalized spacial score (nSPS) is 13.7. The highest BCUT2D eigenvalue weighted by atomic mass is 16.4. The van der Waals surface area contributed by atoms with Gasteiger partial charge in [-0.3, -0.25) is 23.9 Å². The van der Waals surface area contributed by atoms with Gasteiger partial charge in [0.25, 0.3) is 11.5 Å². The van der Waals surface area contributed by atoms with E-state index in [9.17, 15) is 19.2 Å². The molecule has 206 valence electrons. The van der Waals surface area contributed by atoms with E-state index in [1.165, 1.54) is 6.42 Å². The summed E-state index contributed by atoms with van der Waals surface area (Å²) in [7, 11) is 0. The minimum atomic E-state index is -0.865. The Balaban J connectivity index is 1.31. The Morgan fingerprint density at radius 1 is 0.900 bits per heavy atom. The summed E-state index contributed by atoms with van der Waals surface area (Å²) >= 11 is 0. The first-order chi connectivity index (χ1) is 19.4. The maximum atomic E-state index is 13.7. The molecule has 0 atom stereocenters. The lowest BCUT2D eigenvalue weighted by Crippen LogP contribution is -2.32. The summed E-state index contributed by atoms with van der Waals surface area (Å²) in [5.41, 5.74) is 3.11. The van der Waals surface area contributed by atoms with Gasteiger partial charge in [0.15, 0.2) is 0 Å². The molecule has 1 saturated carbocycles. The summed E-state index contributed by atoms with van der Waals surface area (Å²) in [6.45, 7) is -0.241. The van der Waals surface area contributed by atoms with Crippen LogP contribution in [-0.4, -0.2) is 38.8 Å². The first-order valence-corrected chi connectivity index (χ1v) is 13.6. The van der Waals surface area contributed by atoms with E-state index in [0.717, 1.165) is 42.5 Å². The molecule has 0 saturated heterocycles.